The van der Waals surface area contributed by atoms with Crippen LogP contribution in [-0.2, 0) is 5.75 Å². The average molecular weight is 499 g/mol. The molecule has 0 saturated carbocycles. The normalized spacial score (nSPS) is 11.5. The summed E-state index contributed by atoms with van der Waals surface area (Å²) < 4.78 is 35.0. The molecule has 5 nitrogen and oxygen atoms in total. The van der Waals surface area contributed by atoms with Crippen molar-refractivity contribution in [2.75, 3.05) is 0 Å². The first-order chi connectivity index (χ1) is 17.5. The predicted octanol–water partition coefficient (Wildman–Crippen LogP) is 6.22. The Labute approximate surface area is 206 Å². The Morgan fingerprint density at radius 2 is 1.64 bits per heavy atom. The highest BCUT2D eigenvalue weighted by atomic mass is 32.2. The van der Waals surface area contributed by atoms with Gasteiger partial charge < -0.3 is 4.42 Å². The second-order valence-corrected chi connectivity index (χ2v) is 9.13. The molecule has 176 valence electrons. The topological polar surface area (TPSA) is 65.1 Å². The van der Waals surface area contributed by atoms with E-state index in [-0.39, 0.29) is 16.6 Å². The van der Waals surface area contributed by atoms with E-state index in [1.54, 1.807) is 30.3 Å². The van der Waals surface area contributed by atoms with Crippen LogP contribution >= 0.6 is 11.8 Å². The highest BCUT2D eigenvalue weighted by Crippen LogP contribution is 2.32. The minimum atomic E-state index is -0.882. The first-order valence-electron chi connectivity index (χ1n) is 11.0. The van der Waals surface area contributed by atoms with Gasteiger partial charge in [0.15, 0.2) is 5.16 Å². The molecule has 0 fully saturated rings. The maximum Gasteiger partial charge on any atom is 0.336 e. The van der Waals surface area contributed by atoms with Crippen LogP contribution in [0.1, 0.15) is 5.56 Å². The fraction of sp³-hybridized carbons (Fsp3) is 0.0357. The zero-order valence-corrected chi connectivity index (χ0v) is 19.4. The zero-order valence-electron chi connectivity index (χ0n) is 18.6. The molecule has 2 aromatic heterocycles. The molecule has 0 N–H and O–H groups in total. The highest BCUT2D eigenvalue weighted by Gasteiger charge is 2.18. The summed E-state index contributed by atoms with van der Waals surface area (Å²) in [5.41, 5.74) is 0.511. The number of hydrogen-bond acceptors (Lipinski definition) is 5. The van der Waals surface area contributed by atoms with Crippen LogP contribution in [0.4, 0.5) is 8.78 Å². The predicted molar refractivity (Wildman–Crippen MR) is 137 cm³/mol. The molecular formula is C28H16F2N2O3S. The fourth-order valence-electron chi connectivity index (χ4n) is 4.36. The van der Waals surface area contributed by atoms with E-state index in [9.17, 15) is 18.4 Å². The van der Waals surface area contributed by atoms with Crippen molar-refractivity contribution < 1.29 is 13.2 Å². The van der Waals surface area contributed by atoms with Crippen LogP contribution in [0.25, 0.3) is 38.3 Å². The molecule has 8 heteroatoms. The number of para-hydroxylation sites is 1. The third-order valence-electron chi connectivity index (χ3n) is 5.97. The van der Waals surface area contributed by atoms with Crippen molar-refractivity contribution in [1.82, 2.24) is 9.55 Å². The lowest BCUT2D eigenvalue weighted by molar-refractivity contribution is 0.560. The number of hydrogen-bond donors (Lipinski definition) is 0. The third-order valence-corrected chi connectivity index (χ3v) is 6.95. The van der Waals surface area contributed by atoms with E-state index in [4.69, 9.17) is 4.42 Å². The SMILES string of the molecule is O=c1cc(CSc2nc3ccccc3c(=O)n2-c2ccc(F)cc2F)c2c(ccc3ccccc32)o1. The van der Waals surface area contributed by atoms with Crippen LogP contribution in [-0.4, -0.2) is 9.55 Å². The summed E-state index contributed by atoms with van der Waals surface area (Å²) in [5.74, 6) is -1.38. The molecule has 0 amide bonds. The molecule has 0 spiro atoms. The molecule has 0 aliphatic rings. The van der Waals surface area contributed by atoms with Gasteiger partial charge in [-0.1, -0.05) is 54.2 Å². The molecule has 0 saturated heterocycles. The first kappa shape index (κ1) is 22.2. The van der Waals surface area contributed by atoms with Gasteiger partial charge in [-0.05, 0) is 46.7 Å². The second-order valence-electron chi connectivity index (χ2n) is 8.19. The summed E-state index contributed by atoms with van der Waals surface area (Å²) in [7, 11) is 0. The van der Waals surface area contributed by atoms with E-state index in [1.165, 1.54) is 23.9 Å². The Morgan fingerprint density at radius 3 is 2.47 bits per heavy atom. The van der Waals surface area contributed by atoms with E-state index in [2.05, 4.69) is 4.98 Å². The Kier molecular flexibility index (Phi) is 5.38. The molecule has 36 heavy (non-hydrogen) atoms. The molecule has 0 bridgehead atoms. The molecule has 6 aromatic rings. The van der Waals surface area contributed by atoms with Crippen LogP contribution in [0.2, 0.25) is 0 Å². The van der Waals surface area contributed by atoms with Crippen molar-refractivity contribution in [2.45, 2.75) is 10.9 Å². The number of aromatic nitrogens is 2. The number of fused-ring (bicyclic) bond motifs is 4. The molecule has 0 aliphatic carbocycles. The smallest absolute Gasteiger partial charge is 0.336 e. The molecule has 4 aromatic carbocycles. The van der Waals surface area contributed by atoms with Crippen LogP contribution in [0, 0.1) is 11.6 Å². The van der Waals surface area contributed by atoms with Gasteiger partial charge in [0, 0.05) is 23.3 Å². The second kappa shape index (κ2) is 8.73. The summed E-state index contributed by atoms with van der Waals surface area (Å²) >= 11 is 1.18. The van der Waals surface area contributed by atoms with E-state index in [0.717, 1.165) is 32.9 Å². The number of halogens is 2. The minimum Gasteiger partial charge on any atom is -0.423 e. The van der Waals surface area contributed by atoms with Crippen molar-refractivity contribution in [2.24, 2.45) is 0 Å². The van der Waals surface area contributed by atoms with Gasteiger partial charge in [-0.2, -0.15) is 0 Å². The van der Waals surface area contributed by atoms with Crippen molar-refractivity contribution in [3.8, 4) is 5.69 Å². The van der Waals surface area contributed by atoms with Crippen molar-refractivity contribution in [3.63, 3.8) is 0 Å². The average Bonchev–Trinajstić information content (AvgIpc) is 2.88. The standard InChI is InChI=1S/C28H16F2N2O3S/c29-18-10-11-23(21(30)14-18)32-27(34)20-7-3-4-8-22(20)31-28(32)36-15-17-13-25(33)35-24-12-9-16-5-1-2-6-19(16)26(17)24/h1-14H,15H2. The maximum absolute atomic E-state index is 14.8. The first-order valence-corrected chi connectivity index (χ1v) is 12.0. The summed E-state index contributed by atoms with van der Waals surface area (Å²) in [6, 6.07) is 22.6. The van der Waals surface area contributed by atoms with Gasteiger partial charge in [-0.15, -0.1) is 0 Å². The number of rotatable bonds is 4. The monoisotopic (exact) mass is 498 g/mol. The Bertz CT molecular complexity index is 1930. The van der Waals surface area contributed by atoms with Crippen molar-refractivity contribution >= 4 is 44.4 Å². The summed E-state index contributed by atoms with van der Waals surface area (Å²) in [6.07, 6.45) is 0. The molecule has 0 unspecified atom stereocenters. The lowest BCUT2D eigenvalue weighted by Gasteiger charge is -2.14. The van der Waals surface area contributed by atoms with Crippen molar-refractivity contribution in [3.05, 3.63) is 123 Å². The van der Waals surface area contributed by atoms with Gasteiger partial charge in [-0.25, -0.2) is 18.6 Å². The fourth-order valence-corrected chi connectivity index (χ4v) is 5.35. The van der Waals surface area contributed by atoms with Gasteiger partial charge in [0.1, 0.15) is 17.2 Å². The minimum absolute atomic E-state index is 0.106. The summed E-state index contributed by atoms with van der Waals surface area (Å²) in [6.45, 7) is 0. The lowest BCUT2D eigenvalue weighted by Crippen LogP contribution is -2.22. The molecule has 0 atom stereocenters. The van der Waals surface area contributed by atoms with Crippen LogP contribution in [0.5, 0.6) is 0 Å². The summed E-state index contributed by atoms with van der Waals surface area (Å²) in [4.78, 5) is 30.4. The number of benzene rings is 4. The van der Waals surface area contributed by atoms with Crippen LogP contribution in [0.3, 0.4) is 0 Å². The lowest BCUT2D eigenvalue weighted by atomic mass is 10.0. The Hall–Kier alpha value is -4.30. The molecule has 0 radical (unpaired) electrons. The van der Waals surface area contributed by atoms with Gasteiger partial charge >= 0.3 is 5.63 Å². The molecule has 2 heterocycles. The van der Waals surface area contributed by atoms with Crippen LogP contribution < -0.4 is 11.2 Å². The Morgan fingerprint density at radius 1 is 0.861 bits per heavy atom. The third kappa shape index (κ3) is 3.76. The van der Waals surface area contributed by atoms with Gasteiger partial charge in [0.05, 0.1) is 16.6 Å². The number of nitrogens with zero attached hydrogens (tertiary/aromatic N) is 2. The maximum atomic E-state index is 14.8. The molecule has 6 rings (SSSR count). The van der Waals surface area contributed by atoms with E-state index < -0.39 is 22.8 Å². The zero-order chi connectivity index (χ0) is 24.8. The van der Waals surface area contributed by atoms with Gasteiger partial charge in [-0.3, -0.25) is 9.36 Å². The Balaban J connectivity index is 1.54. The van der Waals surface area contributed by atoms with Crippen molar-refractivity contribution in [1.29, 1.82) is 0 Å². The van der Waals surface area contributed by atoms with E-state index in [1.807, 2.05) is 30.3 Å². The molecule has 0 aliphatic heterocycles. The van der Waals surface area contributed by atoms with E-state index >= 15 is 0 Å². The summed E-state index contributed by atoms with van der Waals surface area (Å²) in [5, 5.41) is 3.21. The van der Waals surface area contributed by atoms with Gasteiger partial charge in [0.2, 0.25) is 0 Å². The molecular weight excluding hydrogens is 482 g/mol. The largest absolute Gasteiger partial charge is 0.423 e. The van der Waals surface area contributed by atoms with Gasteiger partial charge in [0.25, 0.3) is 5.56 Å². The van der Waals surface area contributed by atoms with E-state index in [0.29, 0.717) is 22.0 Å². The van der Waals surface area contributed by atoms with Crippen LogP contribution in [0.15, 0.2) is 104 Å². The highest BCUT2D eigenvalue weighted by molar-refractivity contribution is 7.98. The quantitative estimate of drug-likeness (QED) is 0.125. The number of thioether (sulfide) groups is 1.